The molecular weight excluding hydrogens is 224 g/mol. The van der Waals surface area contributed by atoms with E-state index in [0.29, 0.717) is 6.61 Å². The van der Waals surface area contributed by atoms with E-state index >= 15 is 0 Å². The van der Waals surface area contributed by atoms with Crippen LogP contribution in [0.25, 0.3) is 0 Å². The van der Waals surface area contributed by atoms with Gasteiger partial charge in [-0.25, -0.2) is 0 Å². The molecule has 0 aliphatic heterocycles. The second-order valence-electron chi connectivity index (χ2n) is 4.75. The van der Waals surface area contributed by atoms with Crippen molar-refractivity contribution in [3.8, 4) is 0 Å². The van der Waals surface area contributed by atoms with Crippen LogP contribution in [0, 0.1) is 0 Å². The molecule has 1 aliphatic rings. The predicted molar refractivity (Wildman–Crippen MR) is 79.8 cm³/mol. The van der Waals surface area contributed by atoms with Crippen molar-refractivity contribution in [3.63, 3.8) is 0 Å². The third-order valence-electron chi connectivity index (χ3n) is 2.80. The molecule has 2 nitrogen and oxygen atoms in total. The van der Waals surface area contributed by atoms with Crippen LogP contribution in [0.1, 0.15) is 91.9 Å². The molecule has 1 rings (SSSR count). The van der Waals surface area contributed by atoms with Gasteiger partial charge in [0.05, 0.1) is 6.61 Å². The summed E-state index contributed by atoms with van der Waals surface area (Å²) in [5.74, 6) is -0.211. The largest absolute Gasteiger partial charge is 0.466 e. The third-order valence-corrected chi connectivity index (χ3v) is 2.80. The zero-order valence-electron chi connectivity index (χ0n) is 13.1. The monoisotopic (exact) mass is 258 g/mol. The molecule has 0 spiro atoms. The summed E-state index contributed by atoms with van der Waals surface area (Å²) in [5.41, 5.74) is 0. The number of rotatable bonds is 4. The summed E-state index contributed by atoms with van der Waals surface area (Å²) < 4.78 is 4.40. The Labute approximate surface area is 114 Å². The predicted octanol–water partition coefficient (Wildman–Crippen LogP) is 5.50. The highest BCUT2D eigenvalue weighted by Gasteiger charge is 1.95. The van der Waals surface area contributed by atoms with Gasteiger partial charge in [0, 0.05) is 6.92 Å². The van der Waals surface area contributed by atoms with Crippen LogP contribution in [0.2, 0.25) is 0 Å². The smallest absolute Gasteiger partial charge is 0.302 e. The van der Waals surface area contributed by atoms with E-state index in [1.165, 1.54) is 71.1 Å². The van der Waals surface area contributed by atoms with E-state index in [4.69, 9.17) is 0 Å². The van der Waals surface area contributed by atoms with E-state index in [0.717, 1.165) is 0 Å². The minimum absolute atomic E-state index is 0.211. The Hall–Kier alpha value is -0.530. The quantitative estimate of drug-likeness (QED) is 0.492. The average Bonchev–Trinajstić information content (AvgIpc) is 2.39. The maximum absolute atomic E-state index is 9.82. The second kappa shape index (κ2) is 18.8. The molecular formula is C16H34O2. The molecule has 0 heterocycles. The SMILES string of the molecule is C1CCCCC1.CCCCCC.CCOC(C)=O. The summed E-state index contributed by atoms with van der Waals surface area (Å²) in [5, 5.41) is 0. The highest BCUT2D eigenvalue weighted by Crippen LogP contribution is 2.15. The summed E-state index contributed by atoms with van der Waals surface area (Å²) in [7, 11) is 0. The van der Waals surface area contributed by atoms with Gasteiger partial charge in [-0.3, -0.25) is 4.79 Å². The van der Waals surface area contributed by atoms with Crippen molar-refractivity contribution in [2.45, 2.75) is 91.9 Å². The summed E-state index contributed by atoms with van der Waals surface area (Å²) >= 11 is 0. The van der Waals surface area contributed by atoms with Crippen molar-refractivity contribution < 1.29 is 9.53 Å². The highest BCUT2D eigenvalue weighted by molar-refractivity contribution is 5.65. The van der Waals surface area contributed by atoms with Crippen molar-refractivity contribution in [2.24, 2.45) is 0 Å². The molecule has 1 saturated carbocycles. The van der Waals surface area contributed by atoms with Crippen molar-refractivity contribution in [1.82, 2.24) is 0 Å². The molecule has 0 amide bonds. The van der Waals surface area contributed by atoms with E-state index in [1.807, 2.05) is 0 Å². The summed E-state index contributed by atoms with van der Waals surface area (Å²) in [6.07, 6.45) is 14.5. The Morgan fingerprint density at radius 2 is 1.17 bits per heavy atom. The van der Waals surface area contributed by atoms with Crippen LogP contribution in [0.3, 0.4) is 0 Å². The molecule has 0 atom stereocenters. The minimum atomic E-state index is -0.211. The fourth-order valence-corrected chi connectivity index (χ4v) is 1.76. The lowest BCUT2D eigenvalue weighted by Gasteiger charge is -2.05. The van der Waals surface area contributed by atoms with Crippen molar-refractivity contribution in [3.05, 3.63) is 0 Å². The van der Waals surface area contributed by atoms with E-state index in [2.05, 4.69) is 18.6 Å². The molecule has 0 bridgehead atoms. The van der Waals surface area contributed by atoms with Gasteiger partial charge in [0.25, 0.3) is 0 Å². The first kappa shape index (κ1) is 19.8. The minimum Gasteiger partial charge on any atom is -0.466 e. The highest BCUT2D eigenvalue weighted by atomic mass is 16.5. The van der Waals surface area contributed by atoms with E-state index in [-0.39, 0.29) is 5.97 Å². The molecule has 0 saturated heterocycles. The number of ether oxygens (including phenoxy) is 1. The van der Waals surface area contributed by atoms with Crippen LogP contribution < -0.4 is 0 Å². The number of unbranched alkanes of at least 4 members (excludes halogenated alkanes) is 3. The molecule has 1 aliphatic carbocycles. The molecule has 110 valence electrons. The first-order valence-electron chi connectivity index (χ1n) is 7.82. The Morgan fingerprint density at radius 1 is 0.833 bits per heavy atom. The number of hydrogen-bond acceptors (Lipinski definition) is 2. The molecule has 18 heavy (non-hydrogen) atoms. The van der Waals surface area contributed by atoms with E-state index in [9.17, 15) is 4.79 Å². The first-order valence-corrected chi connectivity index (χ1v) is 7.82. The van der Waals surface area contributed by atoms with Gasteiger partial charge in [-0.2, -0.15) is 0 Å². The van der Waals surface area contributed by atoms with E-state index < -0.39 is 0 Å². The third kappa shape index (κ3) is 24.6. The normalized spacial score (nSPS) is 13.6. The number of carbonyl (C=O) groups excluding carboxylic acids is 1. The van der Waals surface area contributed by atoms with Gasteiger partial charge in [-0.1, -0.05) is 78.1 Å². The Kier molecular flexibility index (Phi) is 20.7. The fourth-order valence-electron chi connectivity index (χ4n) is 1.76. The van der Waals surface area contributed by atoms with Crippen molar-refractivity contribution in [1.29, 1.82) is 0 Å². The standard InChI is InChI=1S/C6H12.C6H14.C4H8O2/c1-2-4-6-5-3-1;1-3-5-6-4-2;1-3-6-4(2)5/h1-6H2;3-6H2,1-2H3;3H2,1-2H3. The van der Waals surface area contributed by atoms with Gasteiger partial charge < -0.3 is 4.74 Å². The van der Waals surface area contributed by atoms with Crippen LogP contribution in [0.4, 0.5) is 0 Å². The van der Waals surface area contributed by atoms with Crippen LogP contribution >= 0.6 is 0 Å². The first-order chi connectivity index (χ1) is 8.68. The zero-order chi connectivity index (χ0) is 14.1. The number of carbonyl (C=O) groups is 1. The Balaban J connectivity index is 0. The van der Waals surface area contributed by atoms with Crippen LogP contribution in [0.15, 0.2) is 0 Å². The summed E-state index contributed by atoms with van der Waals surface area (Å²) in [6.45, 7) is 8.12. The van der Waals surface area contributed by atoms with Gasteiger partial charge in [0.15, 0.2) is 0 Å². The Bertz CT molecular complexity index is 136. The maximum atomic E-state index is 9.82. The lowest BCUT2D eigenvalue weighted by atomic mass is 10.0. The fraction of sp³-hybridized carbons (Fsp3) is 0.938. The molecule has 0 aromatic heterocycles. The van der Waals surface area contributed by atoms with E-state index in [1.54, 1.807) is 6.92 Å². The zero-order valence-corrected chi connectivity index (χ0v) is 13.1. The number of esters is 1. The molecule has 0 N–H and O–H groups in total. The van der Waals surface area contributed by atoms with Gasteiger partial charge in [0.1, 0.15) is 0 Å². The van der Waals surface area contributed by atoms with Gasteiger partial charge in [-0.05, 0) is 6.92 Å². The topological polar surface area (TPSA) is 26.3 Å². The molecule has 0 aromatic carbocycles. The van der Waals surface area contributed by atoms with Crippen molar-refractivity contribution in [2.75, 3.05) is 6.61 Å². The van der Waals surface area contributed by atoms with Crippen molar-refractivity contribution >= 4 is 5.97 Å². The Morgan fingerprint density at radius 3 is 1.28 bits per heavy atom. The van der Waals surface area contributed by atoms with Crippen LogP contribution in [-0.4, -0.2) is 12.6 Å². The number of hydrogen-bond donors (Lipinski definition) is 0. The molecule has 0 aromatic rings. The maximum Gasteiger partial charge on any atom is 0.302 e. The molecule has 0 unspecified atom stereocenters. The van der Waals surface area contributed by atoms with Gasteiger partial charge >= 0.3 is 5.97 Å². The summed E-state index contributed by atoms with van der Waals surface area (Å²) in [4.78, 5) is 9.82. The average molecular weight is 258 g/mol. The lowest BCUT2D eigenvalue weighted by molar-refractivity contribution is -0.140. The van der Waals surface area contributed by atoms with Gasteiger partial charge in [-0.15, -0.1) is 0 Å². The molecule has 0 radical (unpaired) electrons. The van der Waals surface area contributed by atoms with Crippen LogP contribution in [0.5, 0.6) is 0 Å². The lowest BCUT2D eigenvalue weighted by Crippen LogP contribution is -1.95. The molecule has 1 fully saturated rings. The van der Waals surface area contributed by atoms with Crippen LogP contribution in [-0.2, 0) is 9.53 Å². The van der Waals surface area contributed by atoms with Gasteiger partial charge in [0.2, 0.25) is 0 Å². The second-order valence-corrected chi connectivity index (χ2v) is 4.75. The molecule has 2 heteroatoms. The summed E-state index contributed by atoms with van der Waals surface area (Å²) in [6, 6.07) is 0.